The predicted molar refractivity (Wildman–Crippen MR) is 88.1 cm³/mol. The van der Waals surface area contributed by atoms with Gasteiger partial charge in [0.25, 0.3) is 0 Å². The lowest BCUT2D eigenvalue weighted by molar-refractivity contribution is 0.981. The summed E-state index contributed by atoms with van der Waals surface area (Å²) in [6.07, 6.45) is 0. The minimum atomic E-state index is 0.297. The highest BCUT2D eigenvalue weighted by atomic mass is 127. The van der Waals surface area contributed by atoms with E-state index in [1.54, 1.807) is 6.07 Å². The molecule has 0 saturated heterocycles. The van der Waals surface area contributed by atoms with E-state index in [0.29, 0.717) is 17.0 Å². The molecule has 3 nitrogen and oxygen atoms in total. The van der Waals surface area contributed by atoms with Crippen molar-refractivity contribution in [2.45, 2.75) is 5.88 Å². The number of nitrogens with zero attached hydrogens (tertiary/aromatic N) is 3. The molecule has 0 aliphatic heterocycles. The monoisotopic (exact) mass is 393 g/mol. The van der Waals surface area contributed by atoms with Crippen molar-refractivity contribution >= 4 is 45.2 Å². The van der Waals surface area contributed by atoms with E-state index in [4.69, 9.17) is 11.6 Å². The quantitative estimate of drug-likeness (QED) is 0.483. The largest absolute Gasteiger partial charge is 0.295 e. The standard InChI is InChI=1S/C15H9ClIN3/c16-8-14-19-15-10(9-18)2-1-3-13(15)20(14)12-6-4-11(17)5-7-12/h1-7H,8H2. The van der Waals surface area contributed by atoms with E-state index in [2.05, 4.69) is 33.6 Å². The Morgan fingerprint density at radius 1 is 1.20 bits per heavy atom. The molecule has 0 amide bonds. The second kappa shape index (κ2) is 5.43. The van der Waals surface area contributed by atoms with Gasteiger partial charge in [0, 0.05) is 9.26 Å². The van der Waals surface area contributed by atoms with E-state index in [1.165, 1.54) is 3.57 Å². The van der Waals surface area contributed by atoms with Gasteiger partial charge >= 0.3 is 0 Å². The van der Waals surface area contributed by atoms with Crippen molar-refractivity contribution in [3.05, 3.63) is 57.4 Å². The van der Waals surface area contributed by atoms with Crippen molar-refractivity contribution in [1.29, 1.82) is 5.26 Å². The fourth-order valence-electron chi connectivity index (χ4n) is 2.21. The number of hydrogen-bond acceptors (Lipinski definition) is 2. The fourth-order valence-corrected chi connectivity index (χ4v) is 2.74. The molecular weight excluding hydrogens is 385 g/mol. The third-order valence-electron chi connectivity index (χ3n) is 3.08. The number of halogens is 2. The summed E-state index contributed by atoms with van der Waals surface area (Å²) in [5, 5.41) is 9.18. The van der Waals surface area contributed by atoms with Gasteiger partial charge in [0.1, 0.15) is 17.4 Å². The summed E-state index contributed by atoms with van der Waals surface area (Å²) in [5.41, 5.74) is 3.17. The minimum absolute atomic E-state index is 0.297. The molecule has 0 atom stereocenters. The van der Waals surface area contributed by atoms with E-state index >= 15 is 0 Å². The summed E-state index contributed by atoms with van der Waals surface area (Å²) in [4.78, 5) is 4.51. The number of rotatable bonds is 2. The van der Waals surface area contributed by atoms with Crippen LogP contribution in [-0.2, 0) is 5.88 Å². The summed E-state index contributed by atoms with van der Waals surface area (Å²) < 4.78 is 3.17. The lowest BCUT2D eigenvalue weighted by atomic mass is 10.2. The van der Waals surface area contributed by atoms with Crippen molar-refractivity contribution in [3.63, 3.8) is 0 Å². The maximum atomic E-state index is 9.18. The number of hydrogen-bond donors (Lipinski definition) is 0. The van der Waals surface area contributed by atoms with Gasteiger partial charge < -0.3 is 0 Å². The lowest BCUT2D eigenvalue weighted by Crippen LogP contribution is -1.99. The molecule has 1 aromatic heterocycles. The number of fused-ring (bicyclic) bond motifs is 1. The SMILES string of the molecule is N#Cc1cccc2c1nc(CCl)n2-c1ccc(I)cc1. The predicted octanol–water partition coefficient (Wildman–Crippen LogP) is 4.24. The molecule has 0 saturated carbocycles. The molecule has 20 heavy (non-hydrogen) atoms. The van der Waals surface area contributed by atoms with Crippen LogP contribution in [0.3, 0.4) is 0 Å². The number of alkyl halides is 1. The van der Waals surface area contributed by atoms with E-state index in [-0.39, 0.29) is 0 Å². The van der Waals surface area contributed by atoms with Gasteiger partial charge in [0.15, 0.2) is 0 Å². The average molecular weight is 394 g/mol. The highest BCUT2D eigenvalue weighted by molar-refractivity contribution is 14.1. The van der Waals surface area contributed by atoms with Crippen LogP contribution < -0.4 is 0 Å². The van der Waals surface area contributed by atoms with Gasteiger partial charge in [-0.25, -0.2) is 4.98 Å². The molecule has 98 valence electrons. The summed E-state index contributed by atoms with van der Waals surface area (Å²) in [6.45, 7) is 0. The van der Waals surface area contributed by atoms with Crippen LogP contribution in [0.1, 0.15) is 11.4 Å². The first kappa shape index (κ1) is 13.4. The molecule has 3 aromatic rings. The molecule has 0 radical (unpaired) electrons. The molecule has 3 rings (SSSR count). The average Bonchev–Trinajstić information content (AvgIpc) is 2.86. The van der Waals surface area contributed by atoms with Gasteiger partial charge in [-0.3, -0.25) is 4.57 Å². The number of imidazole rings is 1. The number of benzene rings is 2. The van der Waals surface area contributed by atoms with Crippen LogP contribution >= 0.6 is 34.2 Å². The highest BCUT2D eigenvalue weighted by Crippen LogP contribution is 2.25. The topological polar surface area (TPSA) is 41.6 Å². The molecule has 1 heterocycles. The van der Waals surface area contributed by atoms with E-state index in [0.717, 1.165) is 17.0 Å². The maximum absolute atomic E-state index is 9.18. The van der Waals surface area contributed by atoms with Gasteiger partial charge in [-0.15, -0.1) is 11.6 Å². The molecule has 0 unspecified atom stereocenters. The van der Waals surface area contributed by atoms with Crippen LogP contribution in [0.15, 0.2) is 42.5 Å². The van der Waals surface area contributed by atoms with Gasteiger partial charge in [0.05, 0.1) is 17.0 Å². The molecule has 0 spiro atoms. The number of aromatic nitrogens is 2. The van der Waals surface area contributed by atoms with Gasteiger partial charge in [-0.1, -0.05) is 6.07 Å². The molecule has 2 aromatic carbocycles. The Bertz CT molecular complexity index is 815. The van der Waals surface area contributed by atoms with Gasteiger partial charge in [0.2, 0.25) is 0 Å². The Balaban J connectivity index is 2.34. The Labute approximate surface area is 134 Å². The van der Waals surface area contributed by atoms with Crippen molar-refractivity contribution in [1.82, 2.24) is 9.55 Å². The first-order chi connectivity index (χ1) is 9.74. The third kappa shape index (κ3) is 2.17. The second-order valence-corrected chi connectivity index (χ2v) is 5.77. The van der Waals surface area contributed by atoms with E-state index in [1.807, 2.05) is 41.0 Å². The van der Waals surface area contributed by atoms with Crippen molar-refractivity contribution in [2.75, 3.05) is 0 Å². The summed E-state index contributed by atoms with van der Waals surface area (Å²) >= 11 is 8.28. The van der Waals surface area contributed by atoms with E-state index < -0.39 is 0 Å². The van der Waals surface area contributed by atoms with Crippen molar-refractivity contribution in [2.24, 2.45) is 0 Å². The second-order valence-electron chi connectivity index (χ2n) is 4.26. The molecule has 0 N–H and O–H groups in total. The van der Waals surface area contributed by atoms with Crippen LogP contribution in [0.4, 0.5) is 0 Å². The van der Waals surface area contributed by atoms with Crippen LogP contribution in [-0.4, -0.2) is 9.55 Å². The zero-order valence-electron chi connectivity index (χ0n) is 10.3. The summed E-state index contributed by atoms with van der Waals surface area (Å²) in [5.74, 6) is 1.04. The number of nitriles is 1. The smallest absolute Gasteiger partial charge is 0.129 e. The normalized spacial score (nSPS) is 10.7. The zero-order valence-corrected chi connectivity index (χ0v) is 13.3. The molecule has 0 fully saturated rings. The fraction of sp³-hybridized carbons (Fsp3) is 0.0667. The first-order valence-corrected chi connectivity index (χ1v) is 7.58. The van der Waals surface area contributed by atoms with Gasteiger partial charge in [-0.2, -0.15) is 5.26 Å². The summed E-state index contributed by atoms with van der Waals surface area (Å²) in [6, 6.07) is 15.9. The lowest BCUT2D eigenvalue weighted by Gasteiger charge is -2.07. The third-order valence-corrected chi connectivity index (χ3v) is 4.04. The Morgan fingerprint density at radius 2 is 1.95 bits per heavy atom. The van der Waals surface area contributed by atoms with Crippen molar-refractivity contribution in [3.8, 4) is 11.8 Å². The highest BCUT2D eigenvalue weighted by Gasteiger charge is 2.14. The van der Waals surface area contributed by atoms with Crippen LogP contribution in [0.5, 0.6) is 0 Å². The molecule has 0 aliphatic carbocycles. The van der Waals surface area contributed by atoms with Crippen molar-refractivity contribution < 1.29 is 0 Å². The summed E-state index contributed by atoms with van der Waals surface area (Å²) in [7, 11) is 0. The zero-order chi connectivity index (χ0) is 14.1. The molecule has 0 aliphatic rings. The molecule has 0 bridgehead atoms. The number of para-hydroxylation sites is 1. The maximum Gasteiger partial charge on any atom is 0.129 e. The van der Waals surface area contributed by atoms with Crippen LogP contribution in [0.25, 0.3) is 16.7 Å². The van der Waals surface area contributed by atoms with Crippen LogP contribution in [0, 0.1) is 14.9 Å². The Hall–Kier alpha value is -1.58. The van der Waals surface area contributed by atoms with E-state index in [9.17, 15) is 5.26 Å². The Morgan fingerprint density at radius 3 is 2.60 bits per heavy atom. The molecular formula is C15H9ClIN3. The Kier molecular flexibility index (Phi) is 3.64. The first-order valence-electron chi connectivity index (χ1n) is 5.97. The molecule has 5 heteroatoms. The van der Waals surface area contributed by atoms with Gasteiger partial charge in [-0.05, 0) is 59.0 Å². The minimum Gasteiger partial charge on any atom is -0.295 e. The van der Waals surface area contributed by atoms with Crippen LogP contribution in [0.2, 0.25) is 0 Å².